The third kappa shape index (κ3) is 2.34. The number of hydrogen-bond donors (Lipinski definition) is 0. The Morgan fingerprint density at radius 2 is 2.11 bits per heavy atom. The number of alkyl halides is 1. The van der Waals surface area contributed by atoms with Crippen LogP contribution in [-0.4, -0.2) is 14.5 Å². The third-order valence-electron chi connectivity index (χ3n) is 3.21. The van der Waals surface area contributed by atoms with Crippen LogP contribution >= 0.6 is 23.2 Å². The minimum Gasteiger partial charge on any atom is -0.308 e. The lowest BCUT2D eigenvalue weighted by atomic mass is 10.0. The van der Waals surface area contributed by atoms with Crippen LogP contribution in [0.4, 0.5) is 0 Å². The number of nitrogens with zero attached hydrogens (tertiary/aromatic N) is 3. The van der Waals surface area contributed by atoms with Crippen molar-refractivity contribution in [1.29, 1.82) is 0 Å². The second-order valence-electron chi connectivity index (χ2n) is 4.75. The molecule has 2 aromatic heterocycles. The Morgan fingerprint density at radius 1 is 1.39 bits per heavy atom. The second kappa shape index (κ2) is 5.45. The van der Waals surface area contributed by atoms with Gasteiger partial charge in [0.15, 0.2) is 5.65 Å². The summed E-state index contributed by atoms with van der Waals surface area (Å²) in [6.07, 6.45) is 2.68. The standard InChI is InChI=1S/C13H17Cl2N3/c1-4-11(8(2)3)18-12(6-14)17-10-5-9(15)7-16-13(10)18/h5,7-8,11H,4,6H2,1-3H3. The van der Waals surface area contributed by atoms with E-state index >= 15 is 0 Å². The molecule has 1 atom stereocenters. The lowest BCUT2D eigenvalue weighted by molar-refractivity contribution is 0.365. The van der Waals surface area contributed by atoms with E-state index in [1.165, 1.54) is 0 Å². The fourth-order valence-electron chi connectivity index (χ4n) is 2.40. The van der Waals surface area contributed by atoms with Gasteiger partial charge in [-0.1, -0.05) is 32.4 Å². The van der Waals surface area contributed by atoms with Gasteiger partial charge >= 0.3 is 0 Å². The Bertz CT molecular complexity index is 548. The SMILES string of the molecule is CCC(C(C)C)n1c(CCl)nc2cc(Cl)cnc21. The summed E-state index contributed by atoms with van der Waals surface area (Å²) in [5, 5.41) is 0.603. The Morgan fingerprint density at radius 3 is 2.67 bits per heavy atom. The van der Waals surface area contributed by atoms with Crippen molar-refractivity contribution in [2.24, 2.45) is 5.92 Å². The number of rotatable bonds is 4. The fraction of sp³-hybridized carbons (Fsp3) is 0.538. The molecule has 0 N–H and O–H groups in total. The number of imidazole rings is 1. The number of hydrogen-bond acceptors (Lipinski definition) is 2. The predicted molar refractivity (Wildman–Crippen MR) is 76.3 cm³/mol. The van der Waals surface area contributed by atoms with Crippen LogP contribution in [0.3, 0.4) is 0 Å². The minimum atomic E-state index is 0.359. The molecule has 3 nitrogen and oxygen atoms in total. The summed E-state index contributed by atoms with van der Waals surface area (Å²) < 4.78 is 2.16. The van der Waals surface area contributed by atoms with Gasteiger partial charge in [0.05, 0.1) is 10.9 Å². The normalized spacial score (nSPS) is 13.4. The van der Waals surface area contributed by atoms with Crippen LogP contribution in [-0.2, 0) is 5.88 Å². The van der Waals surface area contributed by atoms with E-state index in [2.05, 4.69) is 35.3 Å². The molecule has 2 heterocycles. The van der Waals surface area contributed by atoms with Crippen molar-refractivity contribution in [3.63, 3.8) is 0 Å². The molecular weight excluding hydrogens is 269 g/mol. The second-order valence-corrected chi connectivity index (χ2v) is 5.45. The van der Waals surface area contributed by atoms with Crippen LogP contribution in [0.5, 0.6) is 0 Å². The molecule has 0 fully saturated rings. The molecule has 0 radical (unpaired) electrons. The van der Waals surface area contributed by atoms with Crippen molar-refractivity contribution in [2.75, 3.05) is 0 Å². The number of pyridine rings is 1. The highest BCUT2D eigenvalue weighted by Gasteiger charge is 2.21. The summed E-state index contributed by atoms with van der Waals surface area (Å²) in [6.45, 7) is 6.58. The Labute approximate surface area is 117 Å². The molecule has 0 saturated heterocycles. The maximum atomic E-state index is 6.00. The molecule has 98 valence electrons. The molecule has 1 unspecified atom stereocenters. The smallest absolute Gasteiger partial charge is 0.160 e. The van der Waals surface area contributed by atoms with Crippen molar-refractivity contribution in [3.8, 4) is 0 Å². The van der Waals surface area contributed by atoms with E-state index in [4.69, 9.17) is 23.2 Å². The van der Waals surface area contributed by atoms with Crippen molar-refractivity contribution in [3.05, 3.63) is 23.1 Å². The van der Waals surface area contributed by atoms with Gasteiger partial charge in [0, 0.05) is 12.2 Å². The fourth-order valence-corrected chi connectivity index (χ4v) is 2.74. The van der Waals surface area contributed by atoms with Crippen LogP contribution in [0.2, 0.25) is 5.02 Å². The predicted octanol–water partition coefficient (Wildman–Crippen LogP) is 4.43. The summed E-state index contributed by atoms with van der Waals surface area (Å²) in [4.78, 5) is 8.94. The molecule has 0 aliphatic heterocycles. The van der Waals surface area contributed by atoms with Gasteiger partial charge in [0.25, 0.3) is 0 Å². The van der Waals surface area contributed by atoms with Gasteiger partial charge in [-0.25, -0.2) is 9.97 Å². The molecule has 0 aromatic carbocycles. The molecule has 5 heteroatoms. The van der Waals surface area contributed by atoms with Gasteiger partial charge in [0.2, 0.25) is 0 Å². The summed E-state index contributed by atoms with van der Waals surface area (Å²) in [5.41, 5.74) is 1.69. The van der Waals surface area contributed by atoms with E-state index < -0.39 is 0 Å². The molecule has 18 heavy (non-hydrogen) atoms. The molecule has 0 amide bonds. The molecule has 0 saturated carbocycles. The van der Waals surface area contributed by atoms with Crippen LogP contribution in [0.15, 0.2) is 12.3 Å². The monoisotopic (exact) mass is 285 g/mol. The quantitative estimate of drug-likeness (QED) is 0.778. The molecule has 2 aromatic rings. The van der Waals surface area contributed by atoms with Gasteiger partial charge in [-0.05, 0) is 18.4 Å². The van der Waals surface area contributed by atoms with Gasteiger partial charge in [-0.15, -0.1) is 11.6 Å². The highest BCUT2D eigenvalue weighted by molar-refractivity contribution is 6.31. The van der Waals surface area contributed by atoms with Gasteiger partial charge in [-0.3, -0.25) is 0 Å². The highest BCUT2D eigenvalue weighted by atomic mass is 35.5. The van der Waals surface area contributed by atoms with Crippen LogP contribution in [0.25, 0.3) is 11.2 Å². The largest absolute Gasteiger partial charge is 0.308 e. The summed E-state index contributed by atoms with van der Waals surface area (Å²) >= 11 is 12.0. The summed E-state index contributed by atoms with van der Waals surface area (Å²) in [6, 6.07) is 2.20. The van der Waals surface area contributed by atoms with E-state index in [0.29, 0.717) is 22.9 Å². The van der Waals surface area contributed by atoms with Crippen molar-refractivity contribution < 1.29 is 0 Å². The lowest BCUT2D eigenvalue weighted by Gasteiger charge is -2.23. The van der Waals surface area contributed by atoms with Gasteiger partial charge < -0.3 is 4.57 Å². The summed E-state index contributed by atoms with van der Waals surface area (Å²) in [5.74, 6) is 1.76. The first-order valence-electron chi connectivity index (χ1n) is 6.16. The third-order valence-corrected chi connectivity index (χ3v) is 3.65. The molecule has 2 rings (SSSR count). The topological polar surface area (TPSA) is 30.7 Å². The average Bonchev–Trinajstić information content (AvgIpc) is 2.67. The minimum absolute atomic E-state index is 0.359. The van der Waals surface area contributed by atoms with E-state index in [9.17, 15) is 0 Å². The molecule has 0 aliphatic rings. The van der Waals surface area contributed by atoms with Crippen LogP contribution in [0, 0.1) is 5.92 Å². The van der Waals surface area contributed by atoms with Crippen molar-refractivity contribution in [2.45, 2.75) is 39.1 Å². The van der Waals surface area contributed by atoms with Crippen molar-refractivity contribution in [1.82, 2.24) is 14.5 Å². The Balaban J connectivity index is 2.66. The van der Waals surface area contributed by atoms with Crippen LogP contribution in [0.1, 0.15) is 39.1 Å². The molecule has 0 bridgehead atoms. The number of aromatic nitrogens is 3. The maximum Gasteiger partial charge on any atom is 0.160 e. The molecule has 0 spiro atoms. The first-order chi connectivity index (χ1) is 8.58. The van der Waals surface area contributed by atoms with E-state index in [0.717, 1.165) is 23.4 Å². The van der Waals surface area contributed by atoms with Gasteiger partial charge in [-0.2, -0.15) is 0 Å². The maximum absolute atomic E-state index is 6.00. The number of fused-ring (bicyclic) bond motifs is 1. The van der Waals surface area contributed by atoms with Crippen molar-refractivity contribution >= 4 is 34.4 Å². The molecule has 0 aliphatic carbocycles. The average molecular weight is 286 g/mol. The zero-order valence-corrected chi connectivity index (χ0v) is 12.3. The Kier molecular flexibility index (Phi) is 4.13. The molecular formula is C13H17Cl2N3. The van der Waals surface area contributed by atoms with E-state index in [1.807, 2.05) is 6.07 Å². The lowest BCUT2D eigenvalue weighted by Crippen LogP contribution is -2.17. The number of halogens is 2. The van der Waals surface area contributed by atoms with Gasteiger partial charge in [0.1, 0.15) is 11.3 Å². The first kappa shape index (κ1) is 13.6. The van der Waals surface area contributed by atoms with E-state index in [1.54, 1.807) is 6.20 Å². The zero-order chi connectivity index (χ0) is 13.3. The Hall–Kier alpha value is -0.800. The zero-order valence-electron chi connectivity index (χ0n) is 10.8. The summed E-state index contributed by atoms with van der Waals surface area (Å²) in [7, 11) is 0. The first-order valence-corrected chi connectivity index (χ1v) is 7.08. The van der Waals surface area contributed by atoms with E-state index in [-0.39, 0.29) is 0 Å². The highest BCUT2D eigenvalue weighted by Crippen LogP contribution is 2.29. The van der Waals surface area contributed by atoms with Crippen LogP contribution < -0.4 is 0 Å².